The second-order valence-electron chi connectivity index (χ2n) is 8.11. The summed E-state index contributed by atoms with van der Waals surface area (Å²) in [7, 11) is 0. The minimum Gasteiger partial charge on any atom is -0.352 e. The van der Waals surface area contributed by atoms with E-state index >= 15 is 0 Å². The Kier molecular flexibility index (Phi) is 6.11. The summed E-state index contributed by atoms with van der Waals surface area (Å²) in [5, 5.41) is 13.4. The second-order valence-corrected chi connectivity index (χ2v) is 9.23. The number of hydrogen-bond donors (Lipinski definition) is 2. The molecule has 2 amide bonds. The van der Waals surface area contributed by atoms with Crippen molar-refractivity contribution in [3.8, 4) is 5.82 Å². The molecular formula is C24H22ClN5O2S. The third kappa shape index (κ3) is 4.49. The van der Waals surface area contributed by atoms with Crippen molar-refractivity contribution in [3.05, 3.63) is 69.6 Å². The van der Waals surface area contributed by atoms with Gasteiger partial charge in [0.2, 0.25) is 5.91 Å². The molecule has 0 spiro atoms. The zero-order valence-corrected chi connectivity index (χ0v) is 19.3. The second kappa shape index (κ2) is 9.33. The number of fused-ring (bicyclic) bond motifs is 1. The maximum atomic E-state index is 13.1. The smallest absolute Gasteiger partial charge is 0.257 e. The number of hydrogen-bond acceptors (Lipinski definition) is 5. The molecule has 1 saturated carbocycles. The van der Waals surface area contributed by atoms with Crippen molar-refractivity contribution in [2.24, 2.45) is 5.92 Å². The van der Waals surface area contributed by atoms with Crippen LogP contribution in [0.2, 0.25) is 5.02 Å². The van der Waals surface area contributed by atoms with E-state index in [4.69, 9.17) is 11.6 Å². The molecule has 0 unspecified atom stereocenters. The highest BCUT2D eigenvalue weighted by Gasteiger charge is 2.22. The van der Waals surface area contributed by atoms with Gasteiger partial charge in [0, 0.05) is 23.2 Å². The maximum absolute atomic E-state index is 13.1. The molecule has 33 heavy (non-hydrogen) atoms. The monoisotopic (exact) mass is 479 g/mol. The third-order valence-corrected chi connectivity index (χ3v) is 6.87. The highest BCUT2D eigenvalue weighted by atomic mass is 35.5. The van der Waals surface area contributed by atoms with Gasteiger partial charge in [0.1, 0.15) is 0 Å². The molecule has 1 aliphatic rings. The van der Waals surface area contributed by atoms with Gasteiger partial charge in [-0.2, -0.15) is 5.10 Å². The molecule has 4 aromatic rings. The van der Waals surface area contributed by atoms with Crippen LogP contribution in [0.4, 0.5) is 5.69 Å². The number of halogens is 1. The first-order valence-electron chi connectivity index (χ1n) is 10.8. The minimum atomic E-state index is -0.321. The zero-order valence-electron chi connectivity index (χ0n) is 17.8. The molecule has 7 nitrogen and oxygen atoms in total. The summed E-state index contributed by atoms with van der Waals surface area (Å²) < 4.78 is 1.74. The molecule has 1 aliphatic carbocycles. The summed E-state index contributed by atoms with van der Waals surface area (Å²) in [4.78, 5) is 29.7. The molecule has 168 valence electrons. The summed E-state index contributed by atoms with van der Waals surface area (Å²) in [6.07, 6.45) is 5.83. The zero-order chi connectivity index (χ0) is 22.8. The number of benzene rings is 2. The molecule has 0 atom stereocenters. The number of amides is 2. The minimum absolute atomic E-state index is 0.0808. The van der Waals surface area contributed by atoms with Crippen LogP contribution >= 0.6 is 22.9 Å². The largest absolute Gasteiger partial charge is 0.352 e. The normalized spacial score (nSPS) is 14.0. The van der Waals surface area contributed by atoms with Gasteiger partial charge in [-0.3, -0.25) is 9.59 Å². The van der Waals surface area contributed by atoms with Crippen LogP contribution in [0.3, 0.4) is 0 Å². The lowest BCUT2D eigenvalue weighted by Crippen LogP contribution is -2.28. The number of carbonyl (C=O) groups is 2. The number of rotatable bonds is 6. The molecule has 1 fully saturated rings. The van der Waals surface area contributed by atoms with Crippen LogP contribution in [-0.4, -0.2) is 26.6 Å². The van der Waals surface area contributed by atoms with Gasteiger partial charge in [-0.15, -0.1) is 11.3 Å². The summed E-state index contributed by atoms with van der Waals surface area (Å²) in [6.45, 7) is 0.364. The molecule has 9 heteroatoms. The Bertz CT molecular complexity index is 1310. The van der Waals surface area contributed by atoms with E-state index in [1.165, 1.54) is 11.3 Å². The SMILES string of the molecule is O=C(Nc1cccc2c1cnn2-c1cscn1)c1cc(CNC(=O)C2CCCC2)ccc1Cl. The summed E-state index contributed by atoms with van der Waals surface area (Å²) in [5.74, 6) is 0.592. The highest BCUT2D eigenvalue weighted by Crippen LogP contribution is 2.27. The Hall–Kier alpha value is -3.23. The van der Waals surface area contributed by atoms with Crippen LogP contribution < -0.4 is 10.6 Å². The van der Waals surface area contributed by atoms with Crippen molar-refractivity contribution in [3.63, 3.8) is 0 Å². The third-order valence-electron chi connectivity index (χ3n) is 5.97. The van der Waals surface area contributed by atoms with Gasteiger partial charge in [-0.05, 0) is 42.7 Å². The maximum Gasteiger partial charge on any atom is 0.257 e. The molecule has 2 heterocycles. The van der Waals surface area contributed by atoms with Crippen LogP contribution in [0.15, 0.2) is 53.5 Å². The van der Waals surface area contributed by atoms with E-state index in [1.807, 2.05) is 29.6 Å². The fraction of sp³-hybridized carbons (Fsp3) is 0.250. The lowest BCUT2D eigenvalue weighted by atomic mass is 10.1. The molecule has 2 aromatic carbocycles. The Balaban J connectivity index is 1.34. The first-order chi connectivity index (χ1) is 16.1. The first-order valence-corrected chi connectivity index (χ1v) is 12.1. The van der Waals surface area contributed by atoms with Crippen molar-refractivity contribution in [2.75, 3.05) is 5.32 Å². The fourth-order valence-electron chi connectivity index (χ4n) is 4.22. The topological polar surface area (TPSA) is 88.9 Å². The van der Waals surface area contributed by atoms with Gasteiger partial charge in [0.15, 0.2) is 5.82 Å². The number of nitrogens with one attached hydrogen (secondary N) is 2. The van der Waals surface area contributed by atoms with Crippen LogP contribution in [0.1, 0.15) is 41.6 Å². The van der Waals surface area contributed by atoms with E-state index in [-0.39, 0.29) is 17.7 Å². The number of carbonyl (C=O) groups excluding carboxylic acids is 2. The van der Waals surface area contributed by atoms with E-state index in [9.17, 15) is 9.59 Å². The van der Waals surface area contributed by atoms with Crippen LogP contribution in [-0.2, 0) is 11.3 Å². The number of anilines is 1. The van der Waals surface area contributed by atoms with Crippen LogP contribution in [0, 0.1) is 5.92 Å². The van der Waals surface area contributed by atoms with E-state index in [2.05, 4.69) is 20.7 Å². The van der Waals surface area contributed by atoms with E-state index < -0.39 is 0 Å². The summed E-state index contributed by atoms with van der Waals surface area (Å²) in [5.41, 5.74) is 4.40. The molecule has 0 radical (unpaired) electrons. The summed E-state index contributed by atoms with van der Waals surface area (Å²) in [6, 6.07) is 10.9. The Labute approximate surface area is 199 Å². The van der Waals surface area contributed by atoms with Gasteiger partial charge in [0.05, 0.1) is 33.5 Å². The van der Waals surface area contributed by atoms with E-state index in [0.29, 0.717) is 22.8 Å². The van der Waals surface area contributed by atoms with Gasteiger partial charge in [-0.1, -0.05) is 36.6 Å². The Morgan fingerprint density at radius 1 is 1.18 bits per heavy atom. The first kappa shape index (κ1) is 21.6. The Morgan fingerprint density at radius 3 is 2.82 bits per heavy atom. The molecule has 0 saturated heterocycles. The average molecular weight is 480 g/mol. The summed E-state index contributed by atoms with van der Waals surface area (Å²) >= 11 is 7.83. The molecular weight excluding hydrogens is 458 g/mol. The van der Waals surface area contributed by atoms with Gasteiger partial charge < -0.3 is 10.6 Å². The molecule has 2 aromatic heterocycles. The number of aromatic nitrogens is 3. The van der Waals surface area contributed by atoms with E-state index in [0.717, 1.165) is 48.0 Å². The van der Waals surface area contributed by atoms with Crippen LogP contribution in [0.5, 0.6) is 0 Å². The van der Waals surface area contributed by atoms with Crippen molar-refractivity contribution < 1.29 is 9.59 Å². The lowest BCUT2D eigenvalue weighted by molar-refractivity contribution is -0.124. The molecule has 5 rings (SSSR count). The fourth-order valence-corrected chi connectivity index (χ4v) is 4.94. The highest BCUT2D eigenvalue weighted by molar-refractivity contribution is 7.07. The molecule has 0 bridgehead atoms. The number of thiazole rings is 1. The van der Waals surface area contributed by atoms with Gasteiger partial charge in [0.25, 0.3) is 5.91 Å². The average Bonchev–Trinajstić information content (AvgIpc) is 3.60. The quantitative estimate of drug-likeness (QED) is 0.398. The predicted octanol–water partition coefficient (Wildman–Crippen LogP) is 5.19. The van der Waals surface area contributed by atoms with Crippen LogP contribution in [0.25, 0.3) is 16.7 Å². The van der Waals surface area contributed by atoms with Crippen molar-refractivity contribution in [2.45, 2.75) is 32.2 Å². The van der Waals surface area contributed by atoms with Crippen molar-refractivity contribution in [1.29, 1.82) is 0 Å². The number of nitrogens with zero attached hydrogens (tertiary/aromatic N) is 3. The van der Waals surface area contributed by atoms with Gasteiger partial charge >= 0.3 is 0 Å². The van der Waals surface area contributed by atoms with Crippen molar-refractivity contribution in [1.82, 2.24) is 20.1 Å². The predicted molar refractivity (Wildman–Crippen MR) is 130 cm³/mol. The van der Waals surface area contributed by atoms with Crippen molar-refractivity contribution >= 4 is 51.3 Å². The van der Waals surface area contributed by atoms with E-state index in [1.54, 1.807) is 28.5 Å². The Morgan fingerprint density at radius 2 is 2.03 bits per heavy atom. The molecule has 2 N–H and O–H groups in total. The molecule has 0 aliphatic heterocycles. The van der Waals surface area contributed by atoms with Gasteiger partial charge in [-0.25, -0.2) is 9.67 Å². The lowest BCUT2D eigenvalue weighted by Gasteiger charge is -2.12. The standard InChI is InChI=1S/C24H22ClN5O2S/c25-19-9-8-15(11-26-23(31)16-4-1-2-5-16)10-17(19)24(32)29-20-6-3-7-21-18(20)12-28-30(21)22-13-33-14-27-22/h3,6-10,12-14,16H,1-2,4-5,11H2,(H,26,31)(H,29,32).